The predicted molar refractivity (Wildman–Crippen MR) is 74.8 cm³/mol. The van der Waals surface area contributed by atoms with E-state index in [-0.39, 0.29) is 0 Å². The molecule has 0 fully saturated rings. The van der Waals surface area contributed by atoms with Gasteiger partial charge in [-0.15, -0.1) is 0 Å². The van der Waals surface area contributed by atoms with Crippen LogP contribution in [0.4, 0.5) is 0 Å². The van der Waals surface area contributed by atoms with Crippen LogP contribution < -0.4 is 9.47 Å². The number of hydrogen-bond donors (Lipinski definition) is 0. The van der Waals surface area contributed by atoms with Crippen LogP contribution in [0.1, 0.15) is 0 Å². The van der Waals surface area contributed by atoms with E-state index in [4.69, 9.17) is 9.47 Å². The summed E-state index contributed by atoms with van der Waals surface area (Å²) < 4.78 is 12.6. The molecular weight excluding hydrogens is 256 g/mol. The van der Waals surface area contributed by atoms with Gasteiger partial charge in [-0.2, -0.15) is 0 Å². The number of rotatable bonds is 3. The molecule has 20 heavy (non-hydrogen) atoms. The molecule has 0 unspecified atom stereocenters. The second kappa shape index (κ2) is 4.80. The fourth-order valence-electron chi connectivity index (χ4n) is 2.11. The zero-order chi connectivity index (χ0) is 14.1. The quantitative estimate of drug-likeness (QED) is 0.729. The minimum Gasteiger partial charge on any atom is -0.496 e. The van der Waals surface area contributed by atoms with Crippen molar-refractivity contribution in [3.8, 4) is 22.9 Å². The molecule has 0 aliphatic carbocycles. The van der Waals surface area contributed by atoms with E-state index in [2.05, 4.69) is 15.0 Å². The molecule has 0 saturated carbocycles. The van der Waals surface area contributed by atoms with Crippen molar-refractivity contribution < 1.29 is 9.47 Å². The average Bonchev–Trinajstić information content (AvgIpc) is 2.87. The Bertz CT molecular complexity index is 745. The van der Waals surface area contributed by atoms with Crippen molar-refractivity contribution in [3.05, 3.63) is 30.7 Å². The summed E-state index contributed by atoms with van der Waals surface area (Å²) in [4.78, 5) is 13.1. The van der Waals surface area contributed by atoms with Gasteiger partial charge >= 0.3 is 0 Å². The number of benzene rings is 1. The smallest absolute Gasteiger partial charge is 0.169 e. The van der Waals surface area contributed by atoms with Crippen LogP contribution >= 0.6 is 0 Å². The summed E-state index contributed by atoms with van der Waals surface area (Å²) in [5, 5.41) is 0. The van der Waals surface area contributed by atoms with E-state index < -0.39 is 0 Å². The Morgan fingerprint density at radius 1 is 1.05 bits per heavy atom. The van der Waals surface area contributed by atoms with Crippen LogP contribution in [0.25, 0.3) is 22.6 Å². The first-order valence-electron chi connectivity index (χ1n) is 6.10. The van der Waals surface area contributed by atoms with Gasteiger partial charge in [0.05, 0.1) is 26.7 Å². The standard InChI is InChI=1S/C14H14N4O2/c1-18-8-16-9-7-15-13(17-14(9)18)12-10(19-2)5-4-6-11(12)20-3/h4-8H,1-3H3. The molecule has 0 N–H and O–H groups in total. The van der Waals surface area contributed by atoms with Crippen molar-refractivity contribution in [2.75, 3.05) is 14.2 Å². The normalized spacial score (nSPS) is 10.8. The van der Waals surface area contributed by atoms with Gasteiger partial charge in [-0.05, 0) is 12.1 Å². The Hall–Kier alpha value is -2.63. The van der Waals surface area contributed by atoms with Gasteiger partial charge in [0.15, 0.2) is 11.5 Å². The van der Waals surface area contributed by atoms with E-state index in [1.165, 1.54) is 0 Å². The zero-order valence-electron chi connectivity index (χ0n) is 11.5. The first-order chi connectivity index (χ1) is 9.74. The van der Waals surface area contributed by atoms with E-state index in [1.807, 2.05) is 29.8 Å². The van der Waals surface area contributed by atoms with E-state index in [0.29, 0.717) is 17.3 Å². The van der Waals surface area contributed by atoms with E-state index in [9.17, 15) is 0 Å². The van der Waals surface area contributed by atoms with Crippen LogP contribution in [0, 0.1) is 0 Å². The van der Waals surface area contributed by atoms with Gasteiger partial charge in [-0.1, -0.05) is 6.07 Å². The molecule has 0 bridgehead atoms. The summed E-state index contributed by atoms with van der Waals surface area (Å²) >= 11 is 0. The number of aryl methyl sites for hydroxylation is 1. The molecule has 0 saturated heterocycles. The lowest BCUT2D eigenvalue weighted by molar-refractivity contribution is 0.397. The van der Waals surface area contributed by atoms with Crippen LogP contribution in [0.3, 0.4) is 0 Å². The molecule has 3 rings (SSSR count). The third-order valence-electron chi connectivity index (χ3n) is 3.11. The van der Waals surface area contributed by atoms with Crippen LogP contribution in [-0.4, -0.2) is 33.7 Å². The van der Waals surface area contributed by atoms with Gasteiger partial charge in [0.1, 0.15) is 22.6 Å². The average molecular weight is 270 g/mol. The highest BCUT2D eigenvalue weighted by atomic mass is 16.5. The number of methoxy groups -OCH3 is 2. The first kappa shape index (κ1) is 12.4. The molecule has 6 heteroatoms. The molecule has 0 radical (unpaired) electrons. The Balaban J connectivity index is 2.26. The maximum Gasteiger partial charge on any atom is 0.169 e. The van der Waals surface area contributed by atoms with Gasteiger partial charge in [0.2, 0.25) is 0 Å². The summed E-state index contributed by atoms with van der Waals surface area (Å²) in [6, 6.07) is 5.58. The van der Waals surface area contributed by atoms with E-state index >= 15 is 0 Å². The predicted octanol–water partition coefficient (Wildman–Crippen LogP) is 2.05. The molecule has 3 aromatic rings. The molecule has 2 heterocycles. The van der Waals surface area contributed by atoms with Crippen molar-refractivity contribution in [2.45, 2.75) is 0 Å². The lowest BCUT2D eigenvalue weighted by Crippen LogP contribution is -1.98. The van der Waals surface area contributed by atoms with Gasteiger partial charge in [-0.3, -0.25) is 0 Å². The zero-order valence-corrected chi connectivity index (χ0v) is 11.5. The van der Waals surface area contributed by atoms with Crippen molar-refractivity contribution in [2.24, 2.45) is 7.05 Å². The monoisotopic (exact) mass is 270 g/mol. The number of imidazole rings is 1. The fraction of sp³-hybridized carbons (Fsp3) is 0.214. The van der Waals surface area contributed by atoms with Crippen molar-refractivity contribution in [1.29, 1.82) is 0 Å². The largest absolute Gasteiger partial charge is 0.496 e. The van der Waals surface area contributed by atoms with Gasteiger partial charge in [-0.25, -0.2) is 15.0 Å². The highest BCUT2D eigenvalue weighted by molar-refractivity contribution is 5.77. The molecule has 0 spiro atoms. The maximum atomic E-state index is 5.38. The van der Waals surface area contributed by atoms with Crippen molar-refractivity contribution >= 4 is 11.2 Å². The summed E-state index contributed by atoms with van der Waals surface area (Å²) in [5.41, 5.74) is 2.26. The Labute approximate surface area is 116 Å². The highest BCUT2D eigenvalue weighted by Crippen LogP contribution is 2.36. The molecule has 102 valence electrons. The van der Waals surface area contributed by atoms with E-state index in [1.54, 1.807) is 26.7 Å². The van der Waals surface area contributed by atoms with Gasteiger partial charge in [0.25, 0.3) is 0 Å². The summed E-state index contributed by atoms with van der Waals surface area (Å²) in [7, 11) is 5.12. The minimum atomic E-state index is 0.551. The summed E-state index contributed by atoms with van der Waals surface area (Å²) in [5.74, 6) is 1.90. The molecule has 0 aliphatic rings. The fourth-order valence-corrected chi connectivity index (χ4v) is 2.11. The third kappa shape index (κ3) is 1.85. The topological polar surface area (TPSA) is 62.1 Å². The number of hydrogen-bond acceptors (Lipinski definition) is 5. The lowest BCUT2D eigenvalue weighted by atomic mass is 10.1. The van der Waals surface area contributed by atoms with Crippen LogP contribution in [0.5, 0.6) is 11.5 Å². The highest BCUT2D eigenvalue weighted by Gasteiger charge is 2.16. The van der Waals surface area contributed by atoms with Crippen LogP contribution in [-0.2, 0) is 7.05 Å². The van der Waals surface area contributed by atoms with Gasteiger partial charge < -0.3 is 14.0 Å². The lowest BCUT2D eigenvalue weighted by Gasteiger charge is -2.11. The van der Waals surface area contributed by atoms with Crippen LogP contribution in [0.2, 0.25) is 0 Å². The maximum absolute atomic E-state index is 5.38. The molecule has 2 aromatic heterocycles. The van der Waals surface area contributed by atoms with Gasteiger partial charge in [0, 0.05) is 7.05 Å². The van der Waals surface area contributed by atoms with Crippen molar-refractivity contribution in [1.82, 2.24) is 19.5 Å². The molecule has 1 aromatic carbocycles. The molecule has 6 nitrogen and oxygen atoms in total. The number of aromatic nitrogens is 4. The second-order valence-electron chi connectivity index (χ2n) is 4.30. The van der Waals surface area contributed by atoms with Crippen molar-refractivity contribution in [3.63, 3.8) is 0 Å². The minimum absolute atomic E-state index is 0.551. The number of fused-ring (bicyclic) bond motifs is 1. The Morgan fingerprint density at radius 3 is 2.40 bits per heavy atom. The number of ether oxygens (including phenoxy) is 2. The molecular formula is C14H14N4O2. The SMILES string of the molecule is COc1cccc(OC)c1-c1ncc2ncn(C)c2n1. The van der Waals surface area contributed by atoms with E-state index in [0.717, 1.165) is 16.7 Å². The van der Waals surface area contributed by atoms with Crippen LogP contribution in [0.15, 0.2) is 30.7 Å². The molecule has 0 amide bonds. The molecule has 0 aliphatic heterocycles. The first-order valence-corrected chi connectivity index (χ1v) is 6.10. The summed E-state index contributed by atoms with van der Waals surface area (Å²) in [6.45, 7) is 0. The third-order valence-corrected chi connectivity index (χ3v) is 3.11. The Morgan fingerprint density at radius 2 is 1.75 bits per heavy atom. The summed E-state index contributed by atoms with van der Waals surface area (Å²) in [6.07, 6.45) is 3.41. The molecule has 0 atom stereocenters. The second-order valence-corrected chi connectivity index (χ2v) is 4.30. The number of nitrogens with zero attached hydrogens (tertiary/aromatic N) is 4. The Kier molecular flexibility index (Phi) is 2.98.